The van der Waals surface area contributed by atoms with E-state index in [9.17, 15) is 0 Å². The van der Waals surface area contributed by atoms with Gasteiger partial charge in [0.1, 0.15) is 0 Å². The van der Waals surface area contributed by atoms with Crippen molar-refractivity contribution in [2.45, 2.75) is 51.0 Å². The molecular formula is C13H23NO. The van der Waals surface area contributed by atoms with Crippen LogP contribution in [0.2, 0.25) is 0 Å². The van der Waals surface area contributed by atoms with Crippen LogP contribution in [0.15, 0.2) is 0 Å². The molecule has 3 rings (SSSR count). The normalized spacial score (nSPS) is 32.8. The van der Waals surface area contributed by atoms with E-state index in [2.05, 4.69) is 4.90 Å². The predicted molar refractivity (Wildman–Crippen MR) is 60.9 cm³/mol. The molecule has 15 heavy (non-hydrogen) atoms. The summed E-state index contributed by atoms with van der Waals surface area (Å²) in [6.07, 6.45) is 10.1. The molecule has 2 heteroatoms. The molecule has 0 aromatic rings. The molecular weight excluding hydrogens is 186 g/mol. The average Bonchev–Trinajstić information content (AvgIpc) is 2.28. The Hall–Kier alpha value is -0.0800. The van der Waals surface area contributed by atoms with Gasteiger partial charge in [-0.2, -0.15) is 0 Å². The number of likely N-dealkylation sites (tertiary alicyclic amines) is 1. The third kappa shape index (κ3) is 1.94. The SMILES string of the molecule is C1CCC(N2CCC3(CC2)COC3)CC1. The summed E-state index contributed by atoms with van der Waals surface area (Å²) in [6, 6.07) is 0.928. The molecule has 1 saturated carbocycles. The molecule has 0 bridgehead atoms. The highest BCUT2D eigenvalue weighted by atomic mass is 16.5. The first kappa shape index (κ1) is 10.1. The average molecular weight is 209 g/mol. The zero-order chi connectivity index (χ0) is 10.1. The van der Waals surface area contributed by atoms with Gasteiger partial charge in [-0.1, -0.05) is 19.3 Å². The largest absolute Gasteiger partial charge is 0.380 e. The van der Waals surface area contributed by atoms with Crippen molar-refractivity contribution in [1.82, 2.24) is 4.90 Å². The minimum Gasteiger partial charge on any atom is -0.380 e. The number of ether oxygens (including phenoxy) is 1. The van der Waals surface area contributed by atoms with Crippen molar-refractivity contribution < 1.29 is 4.74 Å². The number of hydrogen-bond donors (Lipinski definition) is 0. The molecule has 2 nitrogen and oxygen atoms in total. The first-order valence-corrected chi connectivity index (χ1v) is 6.70. The van der Waals surface area contributed by atoms with Crippen LogP contribution in [0.4, 0.5) is 0 Å². The molecule has 3 fully saturated rings. The van der Waals surface area contributed by atoms with E-state index in [1.165, 1.54) is 58.0 Å². The highest BCUT2D eigenvalue weighted by molar-refractivity contribution is 4.92. The van der Waals surface area contributed by atoms with Crippen LogP contribution in [-0.4, -0.2) is 37.2 Å². The van der Waals surface area contributed by atoms with Crippen LogP contribution in [-0.2, 0) is 4.74 Å². The van der Waals surface area contributed by atoms with Gasteiger partial charge in [0.05, 0.1) is 13.2 Å². The maximum Gasteiger partial charge on any atom is 0.0545 e. The van der Waals surface area contributed by atoms with Gasteiger partial charge >= 0.3 is 0 Å². The lowest BCUT2D eigenvalue weighted by Crippen LogP contribution is -2.53. The van der Waals surface area contributed by atoms with Gasteiger partial charge < -0.3 is 9.64 Å². The summed E-state index contributed by atoms with van der Waals surface area (Å²) in [5.41, 5.74) is 0.616. The molecule has 3 aliphatic rings. The Kier molecular flexibility index (Phi) is 2.73. The van der Waals surface area contributed by atoms with Crippen molar-refractivity contribution in [2.75, 3.05) is 26.3 Å². The van der Waals surface area contributed by atoms with Gasteiger partial charge in [-0.3, -0.25) is 0 Å². The summed E-state index contributed by atoms with van der Waals surface area (Å²) in [5.74, 6) is 0. The lowest BCUT2D eigenvalue weighted by Gasteiger charge is -2.49. The van der Waals surface area contributed by atoms with Crippen molar-refractivity contribution in [3.63, 3.8) is 0 Å². The third-order valence-electron chi connectivity index (χ3n) is 4.77. The van der Waals surface area contributed by atoms with Crippen LogP contribution < -0.4 is 0 Å². The van der Waals surface area contributed by atoms with Crippen molar-refractivity contribution in [2.24, 2.45) is 5.41 Å². The highest BCUT2D eigenvalue weighted by Crippen LogP contribution is 2.39. The number of nitrogens with zero attached hydrogens (tertiary/aromatic N) is 1. The fourth-order valence-electron chi connectivity index (χ4n) is 3.49. The molecule has 0 amide bonds. The number of piperidine rings is 1. The summed E-state index contributed by atoms with van der Waals surface area (Å²) < 4.78 is 5.38. The third-order valence-corrected chi connectivity index (χ3v) is 4.77. The van der Waals surface area contributed by atoms with Crippen LogP contribution in [0, 0.1) is 5.41 Å². The van der Waals surface area contributed by atoms with Gasteiger partial charge in [0.2, 0.25) is 0 Å². The Balaban J connectivity index is 1.52. The van der Waals surface area contributed by atoms with Crippen LogP contribution in [0.3, 0.4) is 0 Å². The van der Waals surface area contributed by atoms with Gasteiger partial charge in [-0.05, 0) is 38.8 Å². The molecule has 2 saturated heterocycles. The first-order chi connectivity index (χ1) is 7.38. The van der Waals surface area contributed by atoms with Gasteiger partial charge in [0.15, 0.2) is 0 Å². The van der Waals surface area contributed by atoms with Gasteiger partial charge in [-0.15, -0.1) is 0 Å². The van der Waals surface area contributed by atoms with Crippen LogP contribution in [0.25, 0.3) is 0 Å². The molecule has 0 unspecified atom stereocenters. The Morgan fingerprint density at radius 3 is 2.13 bits per heavy atom. The molecule has 86 valence electrons. The van der Waals surface area contributed by atoms with E-state index in [4.69, 9.17) is 4.74 Å². The van der Waals surface area contributed by atoms with E-state index in [1.807, 2.05) is 0 Å². The standard InChI is InChI=1S/C13H23NO/c1-2-4-12(5-3-1)14-8-6-13(7-9-14)10-15-11-13/h12H,1-11H2. The van der Waals surface area contributed by atoms with E-state index in [0.29, 0.717) is 5.41 Å². The van der Waals surface area contributed by atoms with E-state index in [0.717, 1.165) is 19.3 Å². The van der Waals surface area contributed by atoms with Crippen molar-refractivity contribution in [3.05, 3.63) is 0 Å². The van der Waals surface area contributed by atoms with Crippen LogP contribution >= 0.6 is 0 Å². The zero-order valence-electron chi connectivity index (χ0n) is 9.71. The van der Waals surface area contributed by atoms with Crippen LogP contribution in [0.5, 0.6) is 0 Å². The smallest absolute Gasteiger partial charge is 0.0545 e. The van der Waals surface area contributed by atoms with Crippen molar-refractivity contribution in [1.29, 1.82) is 0 Å². The minimum absolute atomic E-state index is 0.616. The van der Waals surface area contributed by atoms with Crippen LogP contribution in [0.1, 0.15) is 44.9 Å². The summed E-state index contributed by atoms with van der Waals surface area (Å²) in [5, 5.41) is 0. The predicted octanol–water partition coefficient (Wildman–Crippen LogP) is 2.43. The van der Waals surface area contributed by atoms with Gasteiger partial charge in [0, 0.05) is 11.5 Å². The Bertz CT molecular complexity index is 209. The second-order valence-corrected chi connectivity index (χ2v) is 5.82. The van der Waals surface area contributed by atoms with E-state index >= 15 is 0 Å². The number of rotatable bonds is 1. The maximum absolute atomic E-state index is 5.38. The fraction of sp³-hybridized carbons (Fsp3) is 1.00. The molecule has 0 aromatic carbocycles. The molecule has 0 aromatic heterocycles. The van der Waals surface area contributed by atoms with E-state index in [1.54, 1.807) is 0 Å². The molecule has 0 N–H and O–H groups in total. The van der Waals surface area contributed by atoms with E-state index < -0.39 is 0 Å². The Morgan fingerprint density at radius 1 is 0.933 bits per heavy atom. The lowest BCUT2D eigenvalue weighted by molar-refractivity contribution is -0.143. The number of hydrogen-bond acceptors (Lipinski definition) is 2. The van der Waals surface area contributed by atoms with Gasteiger partial charge in [-0.25, -0.2) is 0 Å². The van der Waals surface area contributed by atoms with Crippen molar-refractivity contribution in [3.8, 4) is 0 Å². The second kappa shape index (κ2) is 4.06. The molecule has 1 spiro atoms. The molecule has 2 heterocycles. The summed E-state index contributed by atoms with van der Waals surface area (Å²) in [7, 11) is 0. The van der Waals surface area contributed by atoms with Gasteiger partial charge in [0.25, 0.3) is 0 Å². The molecule has 1 aliphatic carbocycles. The monoisotopic (exact) mass is 209 g/mol. The highest BCUT2D eigenvalue weighted by Gasteiger charge is 2.42. The molecule has 2 aliphatic heterocycles. The minimum atomic E-state index is 0.616. The first-order valence-electron chi connectivity index (χ1n) is 6.70. The summed E-state index contributed by atoms with van der Waals surface area (Å²) in [6.45, 7) is 4.78. The lowest BCUT2D eigenvalue weighted by atomic mass is 9.76. The summed E-state index contributed by atoms with van der Waals surface area (Å²) >= 11 is 0. The molecule has 0 atom stereocenters. The van der Waals surface area contributed by atoms with Crippen molar-refractivity contribution >= 4 is 0 Å². The Morgan fingerprint density at radius 2 is 1.60 bits per heavy atom. The molecule has 0 radical (unpaired) electrons. The zero-order valence-corrected chi connectivity index (χ0v) is 9.71. The maximum atomic E-state index is 5.38. The second-order valence-electron chi connectivity index (χ2n) is 5.82. The fourth-order valence-corrected chi connectivity index (χ4v) is 3.49. The quantitative estimate of drug-likeness (QED) is 0.657. The topological polar surface area (TPSA) is 12.5 Å². The summed E-state index contributed by atoms with van der Waals surface area (Å²) in [4.78, 5) is 2.77. The van der Waals surface area contributed by atoms with E-state index in [-0.39, 0.29) is 0 Å². The Labute approximate surface area is 93.0 Å².